The minimum absolute atomic E-state index is 0.151. The largest absolute Gasteiger partial charge is 0.396 e. The highest BCUT2D eigenvalue weighted by atomic mass is 16.3. The maximum atomic E-state index is 11.7. The van der Waals surface area contributed by atoms with Crippen molar-refractivity contribution in [2.24, 2.45) is 5.92 Å². The van der Waals surface area contributed by atoms with Crippen molar-refractivity contribution in [3.8, 4) is 0 Å². The van der Waals surface area contributed by atoms with Crippen LogP contribution in [-0.4, -0.2) is 35.1 Å². The third kappa shape index (κ3) is 5.22. The molecule has 1 amide bonds. The first-order valence-electron chi connectivity index (χ1n) is 5.39. The van der Waals surface area contributed by atoms with Gasteiger partial charge in [-0.15, -0.1) is 0 Å². The molecule has 3 heteroatoms. The van der Waals surface area contributed by atoms with E-state index in [0.717, 1.165) is 0 Å². The van der Waals surface area contributed by atoms with Gasteiger partial charge in [-0.05, 0) is 26.2 Å². The maximum Gasteiger partial charge on any atom is 0.223 e. The quantitative estimate of drug-likeness (QED) is 0.710. The summed E-state index contributed by atoms with van der Waals surface area (Å²) >= 11 is 0. The van der Waals surface area contributed by atoms with Gasteiger partial charge in [0.2, 0.25) is 5.91 Å². The lowest BCUT2D eigenvalue weighted by molar-refractivity contribution is -0.133. The number of carbonyl (C=O) groups excluding carboxylic acids is 1. The zero-order valence-electron chi connectivity index (χ0n) is 9.79. The first-order chi connectivity index (χ1) is 6.49. The molecule has 0 saturated carbocycles. The molecule has 0 aromatic rings. The van der Waals surface area contributed by atoms with E-state index in [4.69, 9.17) is 5.11 Å². The number of hydrogen-bond acceptors (Lipinski definition) is 2. The summed E-state index contributed by atoms with van der Waals surface area (Å²) in [6, 6.07) is 0.229. The monoisotopic (exact) mass is 201 g/mol. The van der Waals surface area contributed by atoms with Crippen molar-refractivity contribution in [2.45, 2.75) is 46.6 Å². The summed E-state index contributed by atoms with van der Waals surface area (Å²) in [6.45, 7) is 8.92. The molecule has 14 heavy (non-hydrogen) atoms. The number of aliphatic hydroxyl groups excluding tert-OH is 1. The first kappa shape index (κ1) is 13.4. The second-order valence-corrected chi connectivity index (χ2v) is 4.36. The Bertz CT molecular complexity index is 167. The molecule has 0 aliphatic heterocycles. The topological polar surface area (TPSA) is 40.5 Å². The summed E-state index contributed by atoms with van der Waals surface area (Å²) in [6.07, 6.45) is 1.27. The van der Waals surface area contributed by atoms with Crippen LogP contribution in [0.15, 0.2) is 0 Å². The number of rotatable bonds is 6. The molecule has 0 saturated heterocycles. The Morgan fingerprint density at radius 2 is 1.86 bits per heavy atom. The summed E-state index contributed by atoms with van der Waals surface area (Å²) in [5.41, 5.74) is 0. The highest BCUT2D eigenvalue weighted by Gasteiger charge is 2.16. The van der Waals surface area contributed by atoms with Crippen LogP contribution in [0.25, 0.3) is 0 Å². The molecule has 1 N–H and O–H groups in total. The lowest BCUT2D eigenvalue weighted by atomic mass is 10.1. The first-order valence-corrected chi connectivity index (χ1v) is 5.39. The van der Waals surface area contributed by atoms with Crippen molar-refractivity contribution >= 4 is 5.91 Å². The van der Waals surface area contributed by atoms with Gasteiger partial charge in [0.1, 0.15) is 0 Å². The summed E-state index contributed by atoms with van der Waals surface area (Å²) in [5, 5.41) is 8.72. The Labute approximate surface area is 87.1 Å². The van der Waals surface area contributed by atoms with Gasteiger partial charge in [-0.3, -0.25) is 4.79 Å². The normalized spacial score (nSPS) is 11.1. The van der Waals surface area contributed by atoms with E-state index in [9.17, 15) is 4.79 Å². The molecule has 0 aliphatic rings. The molecule has 0 aliphatic carbocycles. The van der Waals surface area contributed by atoms with Crippen LogP contribution in [0.3, 0.4) is 0 Å². The van der Waals surface area contributed by atoms with Crippen LogP contribution < -0.4 is 0 Å². The Kier molecular flexibility index (Phi) is 6.54. The fourth-order valence-electron chi connectivity index (χ4n) is 1.38. The molecule has 0 aromatic heterocycles. The van der Waals surface area contributed by atoms with E-state index in [0.29, 0.717) is 25.3 Å². The highest BCUT2D eigenvalue weighted by Crippen LogP contribution is 2.08. The van der Waals surface area contributed by atoms with E-state index in [1.54, 1.807) is 0 Å². The van der Waals surface area contributed by atoms with Crippen LogP contribution in [0.2, 0.25) is 0 Å². The molecule has 3 nitrogen and oxygen atoms in total. The lowest BCUT2D eigenvalue weighted by Crippen LogP contribution is -2.38. The van der Waals surface area contributed by atoms with Crippen LogP contribution in [0.1, 0.15) is 40.5 Å². The fourth-order valence-corrected chi connectivity index (χ4v) is 1.38. The van der Waals surface area contributed by atoms with Crippen LogP contribution in [0, 0.1) is 5.92 Å². The number of hydrogen-bond donors (Lipinski definition) is 1. The average molecular weight is 201 g/mol. The summed E-state index contributed by atoms with van der Waals surface area (Å²) in [4.78, 5) is 13.6. The number of nitrogens with zero attached hydrogens (tertiary/aromatic N) is 1. The van der Waals surface area contributed by atoms with Gasteiger partial charge < -0.3 is 10.0 Å². The molecule has 0 bridgehead atoms. The van der Waals surface area contributed by atoms with Gasteiger partial charge in [0.25, 0.3) is 0 Å². The SMILES string of the molecule is CC(C)CC(=O)N(CCCO)C(C)C. The van der Waals surface area contributed by atoms with Gasteiger partial charge in [0, 0.05) is 25.6 Å². The molecular formula is C11H23NO2. The van der Waals surface area contributed by atoms with E-state index in [2.05, 4.69) is 0 Å². The standard InChI is InChI=1S/C11H23NO2/c1-9(2)8-11(14)12(10(3)4)6-5-7-13/h9-10,13H,5-8H2,1-4H3. The zero-order valence-corrected chi connectivity index (χ0v) is 9.79. The molecule has 84 valence electrons. The van der Waals surface area contributed by atoms with Crippen molar-refractivity contribution in [2.75, 3.05) is 13.2 Å². The molecule has 0 aromatic carbocycles. The highest BCUT2D eigenvalue weighted by molar-refractivity contribution is 5.76. The van der Waals surface area contributed by atoms with E-state index in [1.165, 1.54) is 0 Å². The Morgan fingerprint density at radius 3 is 2.21 bits per heavy atom. The van der Waals surface area contributed by atoms with Crippen LogP contribution in [0.4, 0.5) is 0 Å². The van der Waals surface area contributed by atoms with E-state index >= 15 is 0 Å². The predicted octanol–water partition coefficient (Wildman–Crippen LogP) is 1.65. The van der Waals surface area contributed by atoms with Gasteiger partial charge in [-0.25, -0.2) is 0 Å². The molecule has 0 radical (unpaired) electrons. The van der Waals surface area contributed by atoms with Gasteiger partial charge in [0.05, 0.1) is 0 Å². The molecular weight excluding hydrogens is 178 g/mol. The molecule has 0 fully saturated rings. The van der Waals surface area contributed by atoms with Crippen LogP contribution in [0.5, 0.6) is 0 Å². The van der Waals surface area contributed by atoms with Crippen molar-refractivity contribution in [3.63, 3.8) is 0 Å². The average Bonchev–Trinajstić information content (AvgIpc) is 2.02. The van der Waals surface area contributed by atoms with Gasteiger partial charge in [-0.1, -0.05) is 13.8 Å². The molecule has 0 heterocycles. The second-order valence-electron chi connectivity index (χ2n) is 4.36. The number of aliphatic hydroxyl groups is 1. The van der Waals surface area contributed by atoms with E-state index in [-0.39, 0.29) is 18.6 Å². The molecule has 0 atom stereocenters. The van der Waals surface area contributed by atoms with Crippen LogP contribution in [-0.2, 0) is 4.79 Å². The molecule has 0 spiro atoms. The minimum atomic E-state index is 0.151. The van der Waals surface area contributed by atoms with E-state index in [1.807, 2.05) is 32.6 Å². The van der Waals surface area contributed by atoms with Crippen LogP contribution >= 0.6 is 0 Å². The fraction of sp³-hybridized carbons (Fsp3) is 0.909. The maximum absolute atomic E-state index is 11.7. The van der Waals surface area contributed by atoms with E-state index < -0.39 is 0 Å². The van der Waals surface area contributed by atoms with Crippen molar-refractivity contribution < 1.29 is 9.90 Å². The van der Waals surface area contributed by atoms with Crippen molar-refractivity contribution in [1.29, 1.82) is 0 Å². The van der Waals surface area contributed by atoms with Gasteiger partial charge in [0.15, 0.2) is 0 Å². The third-order valence-electron chi connectivity index (χ3n) is 2.08. The zero-order chi connectivity index (χ0) is 11.1. The van der Waals surface area contributed by atoms with Crippen molar-refractivity contribution in [1.82, 2.24) is 4.90 Å². The second kappa shape index (κ2) is 6.82. The van der Waals surface area contributed by atoms with Gasteiger partial charge in [-0.2, -0.15) is 0 Å². The number of amides is 1. The Hall–Kier alpha value is -0.570. The predicted molar refractivity (Wildman–Crippen MR) is 58.0 cm³/mol. The summed E-state index contributed by atoms with van der Waals surface area (Å²) < 4.78 is 0. The Balaban J connectivity index is 4.11. The third-order valence-corrected chi connectivity index (χ3v) is 2.08. The summed E-state index contributed by atoms with van der Waals surface area (Å²) in [7, 11) is 0. The number of carbonyl (C=O) groups is 1. The molecule has 0 rings (SSSR count). The summed E-state index contributed by atoms with van der Waals surface area (Å²) in [5.74, 6) is 0.598. The smallest absolute Gasteiger partial charge is 0.223 e. The molecule has 0 unspecified atom stereocenters. The van der Waals surface area contributed by atoms with Gasteiger partial charge >= 0.3 is 0 Å². The van der Waals surface area contributed by atoms with Crippen molar-refractivity contribution in [3.05, 3.63) is 0 Å². The Morgan fingerprint density at radius 1 is 1.29 bits per heavy atom. The minimum Gasteiger partial charge on any atom is -0.396 e. The lowest BCUT2D eigenvalue weighted by Gasteiger charge is -2.27.